The molecule has 0 radical (unpaired) electrons. The first-order valence-electron chi connectivity index (χ1n) is 6.50. The average molecular weight is 310 g/mol. The van der Waals surface area contributed by atoms with Crippen LogP contribution in [0, 0.1) is 0 Å². The molecule has 1 N–H and O–H groups in total. The molecule has 1 atom stereocenters. The lowest BCUT2D eigenvalue weighted by Gasteiger charge is -2.20. The van der Waals surface area contributed by atoms with Crippen molar-refractivity contribution in [2.75, 3.05) is 12.4 Å². The molecule has 2 rings (SSSR count). The first-order chi connectivity index (χ1) is 9.65. The van der Waals surface area contributed by atoms with E-state index in [4.69, 9.17) is 27.9 Å². The van der Waals surface area contributed by atoms with Crippen LogP contribution in [0.1, 0.15) is 24.9 Å². The van der Waals surface area contributed by atoms with E-state index >= 15 is 0 Å². The van der Waals surface area contributed by atoms with Gasteiger partial charge in [-0.15, -0.1) is 0 Å². The van der Waals surface area contributed by atoms with Gasteiger partial charge in [0.2, 0.25) is 0 Å². The third-order valence-corrected chi connectivity index (χ3v) is 3.84. The van der Waals surface area contributed by atoms with Crippen LogP contribution in [0.25, 0.3) is 0 Å². The summed E-state index contributed by atoms with van der Waals surface area (Å²) in [4.78, 5) is 0. The molecule has 2 aromatic carbocycles. The summed E-state index contributed by atoms with van der Waals surface area (Å²) in [7, 11) is 1.66. The molecule has 1 unspecified atom stereocenters. The summed E-state index contributed by atoms with van der Waals surface area (Å²) >= 11 is 12.4. The Morgan fingerprint density at radius 2 is 1.65 bits per heavy atom. The van der Waals surface area contributed by atoms with Gasteiger partial charge in [-0.3, -0.25) is 0 Å². The van der Waals surface area contributed by atoms with Crippen LogP contribution < -0.4 is 10.1 Å². The molecule has 0 saturated carbocycles. The number of para-hydroxylation sites is 1. The minimum atomic E-state index is 0.151. The van der Waals surface area contributed by atoms with Crippen molar-refractivity contribution in [2.45, 2.75) is 19.4 Å². The molecule has 0 amide bonds. The van der Waals surface area contributed by atoms with E-state index in [0.29, 0.717) is 10.0 Å². The lowest BCUT2D eigenvalue weighted by atomic mass is 10.0. The number of hydrogen-bond acceptors (Lipinski definition) is 2. The second-order valence-electron chi connectivity index (χ2n) is 4.47. The molecule has 20 heavy (non-hydrogen) atoms. The predicted octanol–water partition coefficient (Wildman–Crippen LogP) is 5.57. The fraction of sp³-hybridized carbons (Fsp3) is 0.250. The van der Waals surface area contributed by atoms with Crippen molar-refractivity contribution < 1.29 is 4.74 Å². The number of rotatable bonds is 5. The van der Waals surface area contributed by atoms with Crippen LogP contribution in [0.3, 0.4) is 0 Å². The van der Waals surface area contributed by atoms with Gasteiger partial charge in [0.15, 0.2) is 0 Å². The fourth-order valence-corrected chi connectivity index (χ4v) is 2.57. The van der Waals surface area contributed by atoms with Crippen LogP contribution in [-0.4, -0.2) is 7.11 Å². The molecule has 0 aliphatic carbocycles. The van der Waals surface area contributed by atoms with Gasteiger partial charge < -0.3 is 10.1 Å². The molecule has 4 heteroatoms. The van der Waals surface area contributed by atoms with Gasteiger partial charge in [0.25, 0.3) is 0 Å². The third-order valence-electron chi connectivity index (χ3n) is 3.21. The number of ether oxygens (including phenoxy) is 1. The van der Waals surface area contributed by atoms with E-state index in [0.717, 1.165) is 17.9 Å². The van der Waals surface area contributed by atoms with E-state index in [1.54, 1.807) is 7.11 Å². The van der Waals surface area contributed by atoms with Gasteiger partial charge in [-0.2, -0.15) is 0 Å². The van der Waals surface area contributed by atoms with Crippen molar-refractivity contribution in [1.29, 1.82) is 0 Å². The molecule has 0 fully saturated rings. The molecular formula is C16H17Cl2NO. The Bertz CT molecular complexity index is 549. The maximum Gasteiger partial charge on any atom is 0.118 e. The van der Waals surface area contributed by atoms with Crippen molar-refractivity contribution in [3.8, 4) is 5.75 Å². The lowest BCUT2D eigenvalue weighted by Crippen LogP contribution is -2.10. The zero-order valence-electron chi connectivity index (χ0n) is 11.5. The fourth-order valence-electron chi connectivity index (χ4n) is 2.07. The van der Waals surface area contributed by atoms with Gasteiger partial charge in [0, 0.05) is 0 Å². The first kappa shape index (κ1) is 15.0. The lowest BCUT2D eigenvalue weighted by molar-refractivity contribution is 0.414. The van der Waals surface area contributed by atoms with E-state index < -0.39 is 0 Å². The summed E-state index contributed by atoms with van der Waals surface area (Å²) in [6.45, 7) is 2.12. The smallest absolute Gasteiger partial charge is 0.118 e. The van der Waals surface area contributed by atoms with Gasteiger partial charge in [-0.05, 0) is 36.2 Å². The van der Waals surface area contributed by atoms with E-state index in [1.165, 1.54) is 5.56 Å². The Kier molecular flexibility index (Phi) is 5.16. The molecule has 106 valence electrons. The van der Waals surface area contributed by atoms with E-state index in [1.807, 2.05) is 42.5 Å². The number of hydrogen-bond donors (Lipinski definition) is 1. The number of nitrogens with one attached hydrogen (secondary N) is 1. The maximum absolute atomic E-state index is 6.20. The monoisotopic (exact) mass is 309 g/mol. The van der Waals surface area contributed by atoms with Crippen molar-refractivity contribution in [2.24, 2.45) is 0 Å². The van der Waals surface area contributed by atoms with E-state index in [9.17, 15) is 0 Å². The van der Waals surface area contributed by atoms with Gasteiger partial charge in [0.05, 0.1) is 28.9 Å². The number of benzene rings is 2. The zero-order chi connectivity index (χ0) is 14.5. The van der Waals surface area contributed by atoms with Crippen molar-refractivity contribution in [3.05, 3.63) is 58.1 Å². The molecular weight excluding hydrogens is 293 g/mol. The molecule has 0 aliphatic rings. The number of methoxy groups -OCH3 is 1. The molecule has 0 aromatic heterocycles. The SMILES string of the molecule is CCC(Nc1c(Cl)cccc1Cl)c1ccc(OC)cc1. The van der Waals surface area contributed by atoms with Crippen molar-refractivity contribution in [3.63, 3.8) is 0 Å². The summed E-state index contributed by atoms with van der Waals surface area (Å²) in [5.74, 6) is 0.847. The summed E-state index contributed by atoms with van der Waals surface area (Å²) in [5.41, 5.74) is 1.95. The highest BCUT2D eigenvalue weighted by molar-refractivity contribution is 6.39. The standard InChI is InChI=1S/C16H17Cl2NO/c1-3-15(11-7-9-12(20-2)10-8-11)19-16-13(17)5-4-6-14(16)18/h4-10,15,19H,3H2,1-2H3. The highest BCUT2D eigenvalue weighted by Crippen LogP contribution is 2.34. The first-order valence-corrected chi connectivity index (χ1v) is 7.25. The van der Waals surface area contributed by atoms with Crippen LogP contribution in [0.15, 0.2) is 42.5 Å². The van der Waals surface area contributed by atoms with Crippen LogP contribution in [0.4, 0.5) is 5.69 Å². The van der Waals surface area contributed by atoms with Crippen LogP contribution in [-0.2, 0) is 0 Å². The highest BCUT2D eigenvalue weighted by Gasteiger charge is 2.13. The summed E-state index contributed by atoms with van der Waals surface area (Å²) < 4.78 is 5.18. The van der Waals surface area contributed by atoms with Gasteiger partial charge in [-0.1, -0.05) is 48.3 Å². The van der Waals surface area contributed by atoms with E-state index in [2.05, 4.69) is 12.2 Å². The molecule has 0 spiro atoms. The van der Waals surface area contributed by atoms with E-state index in [-0.39, 0.29) is 6.04 Å². The Balaban J connectivity index is 2.24. The summed E-state index contributed by atoms with van der Waals surface area (Å²) in [6.07, 6.45) is 0.924. The summed E-state index contributed by atoms with van der Waals surface area (Å²) in [6, 6.07) is 13.6. The molecule has 0 aliphatic heterocycles. The van der Waals surface area contributed by atoms with Crippen LogP contribution in [0.2, 0.25) is 10.0 Å². The topological polar surface area (TPSA) is 21.3 Å². The van der Waals surface area contributed by atoms with Crippen molar-refractivity contribution in [1.82, 2.24) is 0 Å². The Morgan fingerprint density at radius 1 is 1.05 bits per heavy atom. The Morgan fingerprint density at radius 3 is 2.15 bits per heavy atom. The number of anilines is 1. The molecule has 2 nitrogen and oxygen atoms in total. The van der Waals surface area contributed by atoms with Gasteiger partial charge >= 0.3 is 0 Å². The number of halogens is 2. The quantitative estimate of drug-likeness (QED) is 0.780. The third kappa shape index (κ3) is 3.38. The van der Waals surface area contributed by atoms with Crippen LogP contribution in [0.5, 0.6) is 5.75 Å². The largest absolute Gasteiger partial charge is 0.497 e. The molecule has 0 bridgehead atoms. The second-order valence-corrected chi connectivity index (χ2v) is 5.29. The second kappa shape index (κ2) is 6.87. The van der Waals surface area contributed by atoms with Crippen molar-refractivity contribution >= 4 is 28.9 Å². The predicted molar refractivity (Wildman–Crippen MR) is 86.1 cm³/mol. The Hall–Kier alpha value is -1.38. The van der Waals surface area contributed by atoms with Gasteiger partial charge in [-0.25, -0.2) is 0 Å². The Labute approximate surface area is 129 Å². The van der Waals surface area contributed by atoms with Gasteiger partial charge in [0.1, 0.15) is 5.75 Å². The minimum absolute atomic E-state index is 0.151. The van der Waals surface area contributed by atoms with Crippen LogP contribution >= 0.6 is 23.2 Å². The normalized spacial score (nSPS) is 12.0. The zero-order valence-corrected chi connectivity index (χ0v) is 13.0. The highest BCUT2D eigenvalue weighted by atomic mass is 35.5. The molecule has 0 heterocycles. The summed E-state index contributed by atoms with van der Waals surface area (Å²) in [5, 5.41) is 4.67. The molecule has 0 saturated heterocycles. The average Bonchev–Trinajstić information content (AvgIpc) is 2.47. The minimum Gasteiger partial charge on any atom is -0.497 e. The maximum atomic E-state index is 6.20. The molecule has 2 aromatic rings.